The molecule has 5 nitrogen and oxygen atoms in total. The third kappa shape index (κ3) is 1.58. The van der Waals surface area contributed by atoms with Gasteiger partial charge in [-0.2, -0.15) is 14.5 Å². The topological polar surface area (TPSA) is 56.7 Å². The van der Waals surface area contributed by atoms with Crippen molar-refractivity contribution in [3.05, 3.63) is 42.5 Å². The lowest BCUT2D eigenvalue weighted by molar-refractivity contribution is 0.559. The van der Waals surface area contributed by atoms with E-state index < -0.39 is 5.95 Å². The van der Waals surface area contributed by atoms with E-state index in [-0.39, 0.29) is 5.71 Å². The normalized spacial score (nSPS) is 11.5. The van der Waals surface area contributed by atoms with Gasteiger partial charge in [0, 0.05) is 18.0 Å². The molecule has 0 saturated carbocycles. The SMILES string of the molecule is Cn1ncc2cc(-c3nc4ccc(F)nc4o3)ccc21. The molecule has 0 N–H and O–H groups in total. The number of oxazole rings is 1. The summed E-state index contributed by atoms with van der Waals surface area (Å²) in [5, 5.41) is 5.18. The predicted octanol–water partition coefficient (Wildman–Crippen LogP) is 2.92. The fourth-order valence-electron chi connectivity index (χ4n) is 2.21. The molecule has 20 heavy (non-hydrogen) atoms. The molecule has 4 rings (SSSR count). The summed E-state index contributed by atoms with van der Waals surface area (Å²) in [6.07, 6.45) is 1.78. The van der Waals surface area contributed by atoms with Gasteiger partial charge >= 0.3 is 0 Å². The Kier molecular flexibility index (Phi) is 2.14. The minimum atomic E-state index is -0.581. The maximum absolute atomic E-state index is 13.0. The predicted molar refractivity (Wildman–Crippen MR) is 71.5 cm³/mol. The van der Waals surface area contributed by atoms with E-state index in [4.69, 9.17) is 4.42 Å². The number of aromatic nitrogens is 4. The van der Waals surface area contributed by atoms with Crippen LogP contribution in [-0.4, -0.2) is 19.7 Å². The van der Waals surface area contributed by atoms with Crippen molar-refractivity contribution in [2.45, 2.75) is 0 Å². The third-order valence-electron chi connectivity index (χ3n) is 3.21. The highest BCUT2D eigenvalue weighted by molar-refractivity contribution is 5.84. The molecule has 0 spiro atoms. The summed E-state index contributed by atoms with van der Waals surface area (Å²) in [5.41, 5.74) is 2.57. The largest absolute Gasteiger partial charge is 0.418 e. The van der Waals surface area contributed by atoms with E-state index in [0.717, 1.165) is 16.5 Å². The Labute approximate surface area is 112 Å². The maximum Gasteiger partial charge on any atom is 0.250 e. The van der Waals surface area contributed by atoms with Crippen molar-refractivity contribution < 1.29 is 8.81 Å². The molecule has 0 aliphatic carbocycles. The van der Waals surface area contributed by atoms with Gasteiger partial charge in [0.05, 0.1) is 11.7 Å². The van der Waals surface area contributed by atoms with Crippen molar-refractivity contribution in [2.24, 2.45) is 7.05 Å². The quantitative estimate of drug-likeness (QED) is 0.498. The molecule has 0 saturated heterocycles. The average Bonchev–Trinajstić information content (AvgIpc) is 3.02. The second-order valence-electron chi connectivity index (χ2n) is 4.52. The van der Waals surface area contributed by atoms with Crippen LogP contribution in [0, 0.1) is 5.95 Å². The van der Waals surface area contributed by atoms with E-state index in [1.807, 2.05) is 25.2 Å². The van der Waals surface area contributed by atoms with Crippen LogP contribution in [0.2, 0.25) is 0 Å². The first-order valence-corrected chi connectivity index (χ1v) is 6.06. The second-order valence-corrected chi connectivity index (χ2v) is 4.52. The van der Waals surface area contributed by atoms with Gasteiger partial charge in [-0.05, 0) is 30.3 Å². The van der Waals surface area contributed by atoms with E-state index in [0.29, 0.717) is 11.4 Å². The highest BCUT2D eigenvalue weighted by atomic mass is 19.1. The van der Waals surface area contributed by atoms with Crippen molar-refractivity contribution in [1.82, 2.24) is 19.7 Å². The van der Waals surface area contributed by atoms with E-state index >= 15 is 0 Å². The summed E-state index contributed by atoms with van der Waals surface area (Å²) in [6, 6.07) is 8.58. The zero-order chi connectivity index (χ0) is 13.7. The zero-order valence-electron chi connectivity index (χ0n) is 10.5. The van der Waals surface area contributed by atoms with E-state index in [9.17, 15) is 4.39 Å². The number of pyridine rings is 1. The number of nitrogens with zero attached hydrogens (tertiary/aromatic N) is 4. The van der Waals surface area contributed by atoms with Crippen LogP contribution in [0.3, 0.4) is 0 Å². The van der Waals surface area contributed by atoms with E-state index in [1.54, 1.807) is 16.9 Å². The number of hydrogen-bond acceptors (Lipinski definition) is 4. The number of benzene rings is 1. The van der Waals surface area contributed by atoms with Crippen LogP contribution in [0.4, 0.5) is 4.39 Å². The summed E-state index contributed by atoms with van der Waals surface area (Å²) in [7, 11) is 1.88. The first kappa shape index (κ1) is 11.1. The minimum absolute atomic E-state index is 0.200. The standard InChI is InChI=1S/C14H9FN4O/c1-19-11-4-2-8(6-9(11)7-16-19)13-17-10-3-5-12(15)18-14(10)20-13/h2-7H,1H3. The van der Waals surface area contributed by atoms with Crippen molar-refractivity contribution in [3.63, 3.8) is 0 Å². The first-order valence-electron chi connectivity index (χ1n) is 6.06. The summed E-state index contributed by atoms with van der Waals surface area (Å²) in [4.78, 5) is 7.99. The van der Waals surface area contributed by atoms with Crippen molar-refractivity contribution >= 4 is 22.1 Å². The third-order valence-corrected chi connectivity index (χ3v) is 3.21. The number of hydrogen-bond donors (Lipinski definition) is 0. The molecule has 3 heterocycles. The van der Waals surface area contributed by atoms with Crippen LogP contribution in [0.15, 0.2) is 40.9 Å². The van der Waals surface area contributed by atoms with Crippen molar-refractivity contribution in [2.75, 3.05) is 0 Å². The lowest BCUT2D eigenvalue weighted by atomic mass is 10.1. The molecule has 1 aromatic carbocycles. The average molecular weight is 268 g/mol. The molecule has 3 aromatic heterocycles. The Morgan fingerprint density at radius 3 is 2.95 bits per heavy atom. The Balaban J connectivity index is 1.91. The van der Waals surface area contributed by atoms with Gasteiger partial charge < -0.3 is 4.42 Å². The van der Waals surface area contributed by atoms with Gasteiger partial charge in [-0.3, -0.25) is 4.68 Å². The molecule has 0 aliphatic heterocycles. The van der Waals surface area contributed by atoms with Crippen molar-refractivity contribution in [3.8, 4) is 11.5 Å². The zero-order valence-corrected chi connectivity index (χ0v) is 10.5. The van der Waals surface area contributed by atoms with Crippen LogP contribution in [-0.2, 0) is 7.05 Å². The Morgan fingerprint density at radius 1 is 1.15 bits per heavy atom. The molecule has 0 unspecified atom stereocenters. The van der Waals surface area contributed by atoms with Gasteiger partial charge in [-0.25, -0.2) is 4.98 Å². The Morgan fingerprint density at radius 2 is 2.05 bits per heavy atom. The van der Waals surface area contributed by atoms with Gasteiger partial charge in [0.1, 0.15) is 5.52 Å². The van der Waals surface area contributed by atoms with Crippen molar-refractivity contribution in [1.29, 1.82) is 0 Å². The van der Waals surface area contributed by atoms with Crippen LogP contribution < -0.4 is 0 Å². The molecule has 0 aliphatic rings. The highest BCUT2D eigenvalue weighted by Gasteiger charge is 2.11. The highest BCUT2D eigenvalue weighted by Crippen LogP contribution is 2.26. The maximum atomic E-state index is 13.0. The molecule has 0 atom stereocenters. The summed E-state index contributed by atoms with van der Waals surface area (Å²) < 4.78 is 20.3. The Hall–Kier alpha value is -2.76. The fourth-order valence-corrected chi connectivity index (χ4v) is 2.21. The van der Waals surface area contributed by atoms with Gasteiger partial charge in [-0.1, -0.05) is 0 Å². The molecule has 0 radical (unpaired) electrons. The number of fused-ring (bicyclic) bond motifs is 2. The van der Waals surface area contributed by atoms with Crippen LogP contribution in [0.5, 0.6) is 0 Å². The minimum Gasteiger partial charge on any atom is -0.418 e. The molecule has 0 fully saturated rings. The second kappa shape index (κ2) is 3.86. The summed E-state index contributed by atoms with van der Waals surface area (Å²) in [6.45, 7) is 0. The lowest BCUT2D eigenvalue weighted by Crippen LogP contribution is -1.88. The van der Waals surface area contributed by atoms with Crippen LogP contribution in [0.1, 0.15) is 0 Å². The van der Waals surface area contributed by atoms with Gasteiger partial charge in [0.15, 0.2) is 0 Å². The Bertz CT molecular complexity index is 941. The molecule has 0 bridgehead atoms. The summed E-state index contributed by atoms with van der Waals surface area (Å²) in [5.74, 6) is -0.160. The number of rotatable bonds is 1. The lowest BCUT2D eigenvalue weighted by Gasteiger charge is -1.97. The molecule has 98 valence electrons. The van der Waals surface area contributed by atoms with Crippen LogP contribution in [0.25, 0.3) is 33.6 Å². The fraction of sp³-hybridized carbons (Fsp3) is 0.0714. The monoisotopic (exact) mass is 268 g/mol. The first-order chi connectivity index (χ1) is 9.70. The van der Waals surface area contributed by atoms with Gasteiger partial charge in [-0.15, -0.1) is 0 Å². The molecule has 4 aromatic rings. The summed E-state index contributed by atoms with van der Waals surface area (Å²) >= 11 is 0. The smallest absolute Gasteiger partial charge is 0.250 e. The van der Waals surface area contributed by atoms with Crippen LogP contribution >= 0.6 is 0 Å². The van der Waals surface area contributed by atoms with E-state index in [2.05, 4.69) is 15.1 Å². The van der Waals surface area contributed by atoms with E-state index in [1.165, 1.54) is 6.07 Å². The number of halogens is 1. The molecule has 0 amide bonds. The molecular formula is C14H9FN4O. The number of aryl methyl sites for hydroxylation is 1. The van der Waals surface area contributed by atoms with Gasteiger partial charge in [0.2, 0.25) is 17.6 Å². The molecular weight excluding hydrogens is 259 g/mol. The molecule has 6 heteroatoms. The van der Waals surface area contributed by atoms with Gasteiger partial charge in [0.25, 0.3) is 0 Å².